The Morgan fingerprint density at radius 3 is 2.56 bits per heavy atom. The summed E-state index contributed by atoms with van der Waals surface area (Å²) < 4.78 is 11.8. The van der Waals surface area contributed by atoms with Crippen LogP contribution in [0.25, 0.3) is 10.9 Å². The molecule has 4 N–H and O–H groups in total. The minimum Gasteiger partial charge on any atom is -0.493 e. The Hall–Kier alpha value is -2.13. The molecule has 2 heterocycles. The van der Waals surface area contributed by atoms with E-state index in [1.165, 1.54) is 5.56 Å². The summed E-state index contributed by atoms with van der Waals surface area (Å²) in [5, 5.41) is 32.3. The van der Waals surface area contributed by atoms with E-state index < -0.39 is 11.8 Å². The maximum absolute atomic E-state index is 11.0. The lowest BCUT2D eigenvalue weighted by atomic mass is 9.88. The van der Waals surface area contributed by atoms with Crippen LogP contribution in [-0.2, 0) is 11.2 Å². The third kappa shape index (κ3) is 5.14. The lowest BCUT2D eigenvalue weighted by Gasteiger charge is -2.38. The molecule has 1 unspecified atom stereocenters. The summed E-state index contributed by atoms with van der Waals surface area (Å²) >= 11 is 6.31. The van der Waals surface area contributed by atoms with Gasteiger partial charge in [-0.15, -0.1) is 0 Å². The molecule has 7 nitrogen and oxygen atoms in total. The fourth-order valence-electron chi connectivity index (χ4n) is 4.93. The van der Waals surface area contributed by atoms with E-state index in [0.717, 1.165) is 41.4 Å². The Morgan fingerprint density at radius 2 is 1.89 bits per heavy atom. The van der Waals surface area contributed by atoms with Gasteiger partial charge in [0.25, 0.3) is 0 Å². The lowest BCUT2D eigenvalue weighted by Crippen LogP contribution is -2.44. The van der Waals surface area contributed by atoms with Crippen molar-refractivity contribution in [1.29, 1.82) is 0 Å². The molecule has 1 aromatic heterocycles. The van der Waals surface area contributed by atoms with Crippen molar-refractivity contribution < 1.29 is 24.8 Å². The van der Waals surface area contributed by atoms with Crippen molar-refractivity contribution in [3.8, 4) is 5.75 Å². The molecular weight excluding hydrogens is 480 g/mol. The van der Waals surface area contributed by atoms with Crippen LogP contribution in [0.15, 0.2) is 42.5 Å². The highest BCUT2D eigenvalue weighted by molar-refractivity contribution is 6.31. The van der Waals surface area contributed by atoms with E-state index in [-0.39, 0.29) is 25.9 Å². The van der Waals surface area contributed by atoms with Crippen molar-refractivity contribution in [2.45, 2.75) is 45.1 Å². The summed E-state index contributed by atoms with van der Waals surface area (Å²) in [4.78, 5) is 5.58. The molecule has 194 valence electrons. The van der Waals surface area contributed by atoms with Gasteiger partial charge in [0.1, 0.15) is 5.75 Å². The molecule has 2 aromatic carbocycles. The smallest absolute Gasteiger partial charge is 0.216 e. The molecule has 36 heavy (non-hydrogen) atoms. The quantitative estimate of drug-likeness (QED) is 0.286. The van der Waals surface area contributed by atoms with Gasteiger partial charge in [-0.3, -0.25) is 0 Å². The minimum absolute atomic E-state index is 0.138. The number of aliphatic hydroxyl groups is 3. The Morgan fingerprint density at radius 1 is 1.14 bits per heavy atom. The summed E-state index contributed by atoms with van der Waals surface area (Å²) in [7, 11) is 0. The zero-order valence-corrected chi connectivity index (χ0v) is 21.4. The number of aliphatic hydroxyl groups excluding tert-OH is 3. The van der Waals surface area contributed by atoms with Gasteiger partial charge in [0.05, 0.1) is 37.9 Å². The highest BCUT2D eigenvalue weighted by atomic mass is 35.5. The Balaban J connectivity index is 1.44. The van der Waals surface area contributed by atoms with Gasteiger partial charge < -0.3 is 29.8 Å². The largest absolute Gasteiger partial charge is 0.493 e. The van der Waals surface area contributed by atoms with Gasteiger partial charge in [-0.05, 0) is 73.1 Å². The van der Waals surface area contributed by atoms with Gasteiger partial charge in [-0.25, -0.2) is 4.90 Å². The van der Waals surface area contributed by atoms with E-state index >= 15 is 0 Å². The highest BCUT2D eigenvalue weighted by Gasteiger charge is 2.36. The van der Waals surface area contributed by atoms with Crippen LogP contribution in [0.2, 0.25) is 5.02 Å². The van der Waals surface area contributed by atoms with E-state index in [9.17, 15) is 15.3 Å². The summed E-state index contributed by atoms with van der Waals surface area (Å²) in [5.41, 5.74) is 3.60. The average Bonchev–Trinajstić information content (AvgIpc) is 3.67. The number of nitrogens with zero attached hydrogens (tertiary/aromatic N) is 1. The number of halogens is 1. The standard InChI is InChI=1S/C28H35ClN2O5/c1-2-28(15-32,16-33)17-36-21-8-5-19(6-9-21)26-25-22(23-13-20(29)7-10-24(23)30-25)11-12-31(26)27(34)35-14-18-3-4-18/h5-10,13,18,26-27,30,32-34H,2-4,11-12,14-17H2,1H3/t26-,27?/m0/s1. The number of ether oxygens (including phenoxy) is 2. The second-order valence-corrected chi connectivity index (χ2v) is 10.7. The molecule has 0 spiro atoms. The first-order valence-corrected chi connectivity index (χ1v) is 13.1. The molecular formula is C28H35ClN2O5. The van der Waals surface area contributed by atoms with E-state index in [0.29, 0.717) is 36.3 Å². The zero-order valence-electron chi connectivity index (χ0n) is 20.6. The van der Waals surface area contributed by atoms with Crippen molar-refractivity contribution in [1.82, 2.24) is 9.88 Å². The van der Waals surface area contributed by atoms with Gasteiger partial charge in [-0.2, -0.15) is 0 Å². The summed E-state index contributed by atoms with van der Waals surface area (Å²) in [6.45, 7) is 3.10. The van der Waals surface area contributed by atoms with Gasteiger partial charge in [0.2, 0.25) is 6.41 Å². The molecule has 0 amide bonds. The molecule has 1 aliphatic heterocycles. The summed E-state index contributed by atoms with van der Waals surface area (Å²) in [6, 6.07) is 13.4. The van der Waals surface area contributed by atoms with E-state index in [1.807, 2.05) is 54.3 Å². The molecule has 0 radical (unpaired) electrons. The number of hydrogen-bond donors (Lipinski definition) is 4. The highest BCUT2D eigenvalue weighted by Crippen LogP contribution is 2.41. The van der Waals surface area contributed by atoms with Crippen LogP contribution in [0.1, 0.15) is 49.0 Å². The molecule has 0 saturated heterocycles. The van der Waals surface area contributed by atoms with Gasteiger partial charge in [0.15, 0.2) is 0 Å². The summed E-state index contributed by atoms with van der Waals surface area (Å²) in [6.07, 6.45) is 2.71. The van der Waals surface area contributed by atoms with E-state index in [4.69, 9.17) is 21.1 Å². The van der Waals surface area contributed by atoms with E-state index in [1.54, 1.807) is 0 Å². The SMILES string of the molecule is CCC(CO)(CO)COc1ccc([C@H]2c3[nH]c4ccc(Cl)cc4c3CCN2C(O)OCC2CC2)cc1. The topological polar surface area (TPSA) is 98.2 Å². The van der Waals surface area contributed by atoms with Crippen LogP contribution in [0.4, 0.5) is 0 Å². The Labute approximate surface area is 216 Å². The van der Waals surface area contributed by atoms with Crippen LogP contribution in [0.3, 0.4) is 0 Å². The maximum Gasteiger partial charge on any atom is 0.216 e. The second kappa shape index (κ2) is 10.7. The van der Waals surface area contributed by atoms with Gasteiger partial charge in [0, 0.05) is 28.2 Å². The monoisotopic (exact) mass is 514 g/mol. The van der Waals surface area contributed by atoms with Crippen molar-refractivity contribution in [3.05, 3.63) is 64.3 Å². The number of nitrogens with one attached hydrogen (secondary N) is 1. The minimum atomic E-state index is -1.01. The number of aromatic amines is 1. The van der Waals surface area contributed by atoms with Crippen LogP contribution in [-0.4, -0.2) is 64.6 Å². The number of H-pyrrole nitrogens is 1. The first kappa shape index (κ1) is 25.5. The van der Waals surface area contributed by atoms with Gasteiger partial charge in [-0.1, -0.05) is 30.7 Å². The maximum atomic E-state index is 11.0. The second-order valence-electron chi connectivity index (χ2n) is 10.2. The molecule has 3 aromatic rings. The van der Waals surface area contributed by atoms with Crippen molar-refractivity contribution in [2.24, 2.45) is 11.3 Å². The molecule has 1 fully saturated rings. The molecule has 2 aliphatic rings. The van der Waals surface area contributed by atoms with Crippen LogP contribution in [0.5, 0.6) is 5.75 Å². The first-order valence-electron chi connectivity index (χ1n) is 12.8. The van der Waals surface area contributed by atoms with Crippen LogP contribution < -0.4 is 4.74 Å². The molecule has 2 atom stereocenters. The molecule has 1 saturated carbocycles. The zero-order chi connectivity index (χ0) is 25.3. The molecule has 8 heteroatoms. The molecule has 0 bridgehead atoms. The van der Waals surface area contributed by atoms with Crippen molar-refractivity contribution in [3.63, 3.8) is 0 Å². The lowest BCUT2D eigenvalue weighted by molar-refractivity contribution is -0.206. The van der Waals surface area contributed by atoms with Crippen molar-refractivity contribution in [2.75, 3.05) is 33.0 Å². The predicted octanol–water partition coefficient (Wildman–Crippen LogP) is 4.23. The molecule has 5 rings (SSSR count). The number of hydrogen-bond acceptors (Lipinski definition) is 6. The van der Waals surface area contributed by atoms with Crippen molar-refractivity contribution >= 4 is 22.5 Å². The summed E-state index contributed by atoms with van der Waals surface area (Å²) in [5.74, 6) is 1.22. The molecule has 1 aliphatic carbocycles. The Kier molecular flexibility index (Phi) is 7.58. The average molecular weight is 515 g/mol. The normalized spacial score (nSPS) is 19.4. The van der Waals surface area contributed by atoms with E-state index in [2.05, 4.69) is 4.98 Å². The number of fused-ring (bicyclic) bond motifs is 3. The van der Waals surface area contributed by atoms with Gasteiger partial charge >= 0.3 is 0 Å². The third-order valence-electron chi connectivity index (χ3n) is 7.75. The number of rotatable bonds is 11. The van der Waals surface area contributed by atoms with Crippen LogP contribution >= 0.6 is 11.6 Å². The fourth-order valence-corrected chi connectivity index (χ4v) is 5.10. The Bertz CT molecular complexity index is 1160. The van der Waals surface area contributed by atoms with Crippen LogP contribution in [0, 0.1) is 11.3 Å². The first-order chi connectivity index (χ1) is 17.5. The fraction of sp³-hybridized carbons (Fsp3) is 0.500. The third-order valence-corrected chi connectivity index (χ3v) is 7.98. The number of aromatic nitrogens is 1. The predicted molar refractivity (Wildman–Crippen MR) is 139 cm³/mol. The number of benzene rings is 2.